The van der Waals surface area contributed by atoms with Gasteiger partial charge in [-0.1, -0.05) is 97.1 Å². The lowest BCUT2D eigenvalue weighted by Crippen LogP contribution is -2.47. The molecule has 170 valence electrons. The maximum Gasteiger partial charge on any atom is 0.239 e. The van der Waals surface area contributed by atoms with Gasteiger partial charge in [-0.15, -0.1) is 0 Å². The second-order valence-corrected chi connectivity index (χ2v) is 8.64. The van der Waals surface area contributed by atoms with Gasteiger partial charge in [0.05, 0.1) is 0 Å². The summed E-state index contributed by atoms with van der Waals surface area (Å²) in [7, 11) is 0. The number of hydrogen-bond donors (Lipinski definition) is 1. The zero-order valence-corrected chi connectivity index (χ0v) is 19.1. The molecule has 1 aliphatic rings. The average molecular weight is 457 g/mol. The minimum absolute atomic E-state index is 0.308. The largest absolute Gasteiger partial charge is 0.458 e. The first-order valence-electron chi connectivity index (χ1n) is 11.7. The molecule has 1 aliphatic carbocycles. The van der Waals surface area contributed by atoms with Crippen molar-refractivity contribution in [1.29, 1.82) is 0 Å². The van der Waals surface area contributed by atoms with Crippen LogP contribution in [-0.2, 0) is 0 Å². The molecular weight excluding hydrogens is 432 g/mol. The Labute approximate surface area is 203 Å². The normalized spacial score (nSPS) is 16.9. The van der Waals surface area contributed by atoms with Crippen LogP contribution in [-0.4, -0.2) is 10.9 Å². The van der Waals surface area contributed by atoms with Gasteiger partial charge in [0.1, 0.15) is 17.2 Å². The zero-order chi connectivity index (χ0) is 23.7. The van der Waals surface area contributed by atoms with Crippen LogP contribution in [0.2, 0.25) is 0 Å². The van der Waals surface area contributed by atoms with Gasteiger partial charge in [-0.25, -0.2) is 0 Å². The summed E-state index contributed by atoms with van der Waals surface area (Å²) < 4.78 is 12.8. The van der Waals surface area contributed by atoms with E-state index >= 15 is 0 Å². The average Bonchev–Trinajstić information content (AvgIpc) is 2.90. The molecule has 0 bridgehead atoms. The van der Waals surface area contributed by atoms with Crippen LogP contribution in [0.4, 0.5) is 0 Å². The third-order valence-electron chi connectivity index (χ3n) is 6.36. The number of rotatable bonds is 5. The quantitative estimate of drug-likeness (QED) is 0.341. The maximum atomic E-state index is 12.2. The lowest BCUT2D eigenvalue weighted by molar-refractivity contribution is -0.0798. The molecule has 0 aromatic heterocycles. The fraction of sp³-hybridized carbons (Fsp3) is 0.0625. The highest BCUT2D eigenvalue weighted by Crippen LogP contribution is 2.42. The molecule has 0 unspecified atom stereocenters. The molecule has 1 atom stereocenters. The molecule has 0 amide bonds. The van der Waals surface area contributed by atoms with Crippen molar-refractivity contribution < 1.29 is 14.6 Å². The van der Waals surface area contributed by atoms with Gasteiger partial charge in [0.2, 0.25) is 5.79 Å². The van der Waals surface area contributed by atoms with Crippen LogP contribution in [0.15, 0.2) is 121 Å². The molecule has 0 fully saturated rings. The maximum absolute atomic E-state index is 12.2. The Balaban J connectivity index is 1.66. The Morgan fingerprint density at radius 3 is 2.09 bits per heavy atom. The van der Waals surface area contributed by atoms with Crippen molar-refractivity contribution in [3.63, 3.8) is 0 Å². The van der Waals surface area contributed by atoms with Crippen LogP contribution in [0, 0.1) is 0 Å². The molecule has 5 aromatic carbocycles. The van der Waals surface area contributed by atoms with Crippen LogP contribution < -0.4 is 19.9 Å². The highest BCUT2D eigenvalue weighted by atomic mass is 16.6. The minimum Gasteiger partial charge on any atom is -0.458 e. The monoisotopic (exact) mass is 456 g/mol. The smallest absolute Gasteiger partial charge is 0.239 e. The molecule has 3 nitrogen and oxygen atoms in total. The van der Waals surface area contributed by atoms with Crippen molar-refractivity contribution in [2.45, 2.75) is 12.2 Å². The Kier molecular flexibility index (Phi) is 5.32. The summed E-state index contributed by atoms with van der Waals surface area (Å²) in [6.45, 7) is 0. The van der Waals surface area contributed by atoms with E-state index in [1.54, 1.807) is 0 Å². The van der Waals surface area contributed by atoms with Crippen LogP contribution in [0.25, 0.3) is 22.4 Å². The highest BCUT2D eigenvalue weighted by Gasteiger charge is 2.39. The van der Waals surface area contributed by atoms with Crippen molar-refractivity contribution in [2.24, 2.45) is 0 Å². The van der Waals surface area contributed by atoms with E-state index in [1.165, 1.54) is 0 Å². The molecule has 1 N–H and O–H groups in total. The summed E-state index contributed by atoms with van der Waals surface area (Å²) in [5, 5.41) is 16.2. The molecule has 0 aliphatic heterocycles. The van der Waals surface area contributed by atoms with Crippen LogP contribution in [0.3, 0.4) is 0 Å². The Hall–Kier alpha value is -4.34. The number of ether oxygens (including phenoxy) is 2. The predicted octanol–water partition coefficient (Wildman–Crippen LogP) is 5.78. The first-order valence-corrected chi connectivity index (χ1v) is 11.7. The molecule has 3 heteroatoms. The van der Waals surface area contributed by atoms with E-state index in [2.05, 4.69) is 24.3 Å². The third-order valence-corrected chi connectivity index (χ3v) is 6.36. The van der Waals surface area contributed by atoms with Crippen LogP contribution in [0.5, 0.6) is 17.2 Å². The molecule has 35 heavy (non-hydrogen) atoms. The minimum atomic E-state index is -1.59. The van der Waals surface area contributed by atoms with Crippen molar-refractivity contribution in [1.82, 2.24) is 0 Å². The Morgan fingerprint density at radius 1 is 0.629 bits per heavy atom. The number of hydrogen-bond acceptors (Lipinski definition) is 3. The lowest BCUT2D eigenvalue weighted by atomic mass is 9.85. The SMILES string of the molecule is O[C@]1(Oc2ccccc2)CC=c2ccccc2=C1c1c(Oc2ccccc2)ccc2ccccc12. The molecular formula is C32H24O3. The van der Waals surface area contributed by atoms with Gasteiger partial charge in [0.15, 0.2) is 0 Å². The van der Waals surface area contributed by atoms with E-state index < -0.39 is 5.79 Å². The van der Waals surface area contributed by atoms with Crippen molar-refractivity contribution >= 4 is 22.4 Å². The second-order valence-electron chi connectivity index (χ2n) is 8.64. The van der Waals surface area contributed by atoms with Gasteiger partial charge in [0.25, 0.3) is 0 Å². The number of benzene rings is 5. The first-order chi connectivity index (χ1) is 17.2. The summed E-state index contributed by atoms with van der Waals surface area (Å²) in [4.78, 5) is 0. The number of fused-ring (bicyclic) bond motifs is 2. The van der Waals surface area contributed by atoms with E-state index in [4.69, 9.17) is 9.47 Å². The topological polar surface area (TPSA) is 38.7 Å². The van der Waals surface area contributed by atoms with Gasteiger partial charge in [-0.2, -0.15) is 0 Å². The predicted molar refractivity (Wildman–Crippen MR) is 140 cm³/mol. The molecule has 5 aromatic rings. The standard InChI is InChI=1S/C32H24O3/c33-32(35-26-15-5-2-6-16-26)22-21-24-12-8-10-18-28(24)31(32)30-27-17-9-7-11-23(27)19-20-29(30)34-25-13-3-1-4-14-25/h1-21,33H,22H2/t32-/m0/s1. The summed E-state index contributed by atoms with van der Waals surface area (Å²) in [5.41, 5.74) is 1.52. The van der Waals surface area contributed by atoms with Crippen molar-refractivity contribution in [2.75, 3.05) is 0 Å². The fourth-order valence-electron chi connectivity index (χ4n) is 4.78. The van der Waals surface area contributed by atoms with Gasteiger partial charge >= 0.3 is 0 Å². The van der Waals surface area contributed by atoms with Crippen LogP contribution in [0.1, 0.15) is 12.0 Å². The summed E-state index contributed by atoms with van der Waals surface area (Å²) >= 11 is 0. The second kappa shape index (κ2) is 8.79. The van der Waals surface area contributed by atoms with Gasteiger partial charge in [-0.05, 0) is 51.5 Å². The van der Waals surface area contributed by atoms with E-state index in [0.717, 1.165) is 32.5 Å². The highest BCUT2D eigenvalue weighted by molar-refractivity contribution is 5.98. The van der Waals surface area contributed by atoms with E-state index in [1.807, 2.05) is 103 Å². The van der Waals surface area contributed by atoms with E-state index in [9.17, 15) is 5.11 Å². The van der Waals surface area contributed by atoms with Gasteiger partial charge in [-0.3, -0.25) is 0 Å². The molecule has 0 heterocycles. The van der Waals surface area contributed by atoms with E-state index in [-0.39, 0.29) is 0 Å². The van der Waals surface area contributed by atoms with Crippen molar-refractivity contribution in [3.8, 4) is 17.2 Å². The summed E-state index contributed by atoms with van der Waals surface area (Å²) in [5.74, 6) is 0.407. The Morgan fingerprint density at radius 2 is 1.29 bits per heavy atom. The first kappa shape index (κ1) is 21.2. The third kappa shape index (κ3) is 3.96. The molecule has 0 spiro atoms. The lowest BCUT2D eigenvalue weighted by Gasteiger charge is -2.34. The van der Waals surface area contributed by atoms with E-state index in [0.29, 0.717) is 23.5 Å². The van der Waals surface area contributed by atoms with Crippen LogP contribution >= 0.6 is 0 Å². The van der Waals surface area contributed by atoms with Gasteiger partial charge < -0.3 is 14.6 Å². The number of para-hydroxylation sites is 2. The van der Waals surface area contributed by atoms with Crippen molar-refractivity contribution in [3.05, 3.63) is 137 Å². The summed E-state index contributed by atoms with van der Waals surface area (Å²) in [6.07, 6.45) is 2.34. The Bertz CT molecular complexity index is 1620. The molecule has 0 saturated heterocycles. The van der Waals surface area contributed by atoms with Gasteiger partial charge in [0, 0.05) is 17.6 Å². The fourth-order valence-corrected chi connectivity index (χ4v) is 4.78. The molecule has 0 radical (unpaired) electrons. The number of aliphatic hydroxyl groups is 1. The molecule has 0 saturated carbocycles. The summed E-state index contributed by atoms with van der Waals surface area (Å²) in [6, 6.07) is 39.5. The zero-order valence-electron chi connectivity index (χ0n) is 19.1. The molecule has 6 rings (SSSR count).